The first kappa shape index (κ1) is 11.6. The van der Waals surface area contributed by atoms with Crippen molar-refractivity contribution in [1.82, 2.24) is 4.90 Å². The van der Waals surface area contributed by atoms with Crippen molar-refractivity contribution in [3.63, 3.8) is 0 Å². The number of esters is 1. The Balaban J connectivity index is 2.53. The van der Waals surface area contributed by atoms with Gasteiger partial charge in [0.1, 0.15) is 12.4 Å². The van der Waals surface area contributed by atoms with E-state index in [1.165, 1.54) is 4.90 Å². The number of nitrogens with zero attached hydrogens (tertiary/aromatic N) is 1. The second-order valence-electron chi connectivity index (χ2n) is 3.11. The monoisotopic (exact) mass is 225 g/mol. The third kappa shape index (κ3) is 3.73. The molecular weight excluding hydrogens is 213 g/mol. The Labute approximate surface area is 80.4 Å². The largest absolute Gasteiger partial charge is 0.458 e. The highest BCUT2D eigenvalue weighted by Gasteiger charge is 2.29. The van der Waals surface area contributed by atoms with Gasteiger partial charge in [0.25, 0.3) is 0 Å². The fourth-order valence-corrected chi connectivity index (χ4v) is 2.00. The van der Waals surface area contributed by atoms with E-state index in [2.05, 4.69) is 0 Å². The number of hydrogen-bond donors (Lipinski definition) is 3. The average molecular weight is 225 g/mol. The molecule has 1 atom stereocenters. The average Bonchev–Trinajstić information content (AvgIpc) is 1.99. The quantitative estimate of drug-likeness (QED) is 0.389. The Morgan fingerprint density at radius 1 is 1.57 bits per heavy atom. The van der Waals surface area contributed by atoms with E-state index < -0.39 is 26.0 Å². The van der Waals surface area contributed by atoms with Gasteiger partial charge < -0.3 is 19.6 Å². The lowest BCUT2D eigenvalue weighted by Gasteiger charge is -2.30. The Bertz CT molecular complexity index is 263. The van der Waals surface area contributed by atoms with Crippen LogP contribution in [0.3, 0.4) is 0 Å². The van der Waals surface area contributed by atoms with Crippen LogP contribution in [0.1, 0.15) is 0 Å². The van der Waals surface area contributed by atoms with Crippen LogP contribution in [0.2, 0.25) is 0 Å². The molecule has 3 N–H and O–H groups in total. The van der Waals surface area contributed by atoms with Crippen molar-refractivity contribution in [2.45, 2.75) is 6.10 Å². The minimum absolute atomic E-state index is 0.146. The standard InChI is InChI=1S/C6H12NO6P/c8-3-5-1-7(2-6(9)13-5)4-14(10,11)12/h5,8H,1-4H2,(H2,10,11,12). The molecule has 0 aromatic carbocycles. The van der Waals surface area contributed by atoms with Crippen molar-refractivity contribution in [3.8, 4) is 0 Å². The van der Waals surface area contributed by atoms with Crippen LogP contribution in [-0.2, 0) is 14.1 Å². The Hall–Kier alpha value is -0.460. The SMILES string of the molecule is O=C1CN(CP(=O)(O)O)CC(CO)O1. The van der Waals surface area contributed by atoms with Crippen LogP contribution in [0.15, 0.2) is 0 Å². The highest BCUT2D eigenvalue weighted by Crippen LogP contribution is 2.35. The molecule has 0 amide bonds. The van der Waals surface area contributed by atoms with Crippen molar-refractivity contribution >= 4 is 13.6 Å². The van der Waals surface area contributed by atoms with Crippen LogP contribution in [0.4, 0.5) is 0 Å². The van der Waals surface area contributed by atoms with E-state index in [4.69, 9.17) is 19.6 Å². The van der Waals surface area contributed by atoms with Gasteiger partial charge in [0.2, 0.25) is 0 Å². The maximum absolute atomic E-state index is 10.9. The molecule has 1 fully saturated rings. The molecular formula is C6H12NO6P. The lowest BCUT2D eigenvalue weighted by molar-refractivity contribution is -0.160. The van der Waals surface area contributed by atoms with Crippen molar-refractivity contribution in [2.24, 2.45) is 0 Å². The van der Waals surface area contributed by atoms with E-state index in [1.54, 1.807) is 0 Å². The van der Waals surface area contributed by atoms with E-state index in [0.717, 1.165) is 0 Å². The smallest absolute Gasteiger partial charge is 0.339 e. The maximum atomic E-state index is 10.9. The predicted octanol–water partition coefficient (Wildman–Crippen LogP) is -1.66. The van der Waals surface area contributed by atoms with Gasteiger partial charge in [-0.3, -0.25) is 14.3 Å². The molecule has 1 aliphatic heterocycles. The van der Waals surface area contributed by atoms with Crippen molar-refractivity contribution < 1.29 is 29.0 Å². The molecule has 0 aromatic heterocycles. The third-order valence-corrected chi connectivity index (χ3v) is 2.47. The van der Waals surface area contributed by atoms with Gasteiger partial charge >= 0.3 is 13.6 Å². The second-order valence-corrected chi connectivity index (χ2v) is 4.72. The van der Waals surface area contributed by atoms with E-state index in [0.29, 0.717) is 0 Å². The molecule has 7 nitrogen and oxygen atoms in total. The number of aliphatic hydroxyl groups excluding tert-OH is 1. The zero-order chi connectivity index (χ0) is 10.8. The Morgan fingerprint density at radius 3 is 2.71 bits per heavy atom. The summed E-state index contributed by atoms with van der Waals surface area (Å²) in [5, 5.41) is 8.73. The van der Waals surface area contributed by atoms with Crippen LogP contribution in [-0.4, -0.2) is 57.8 Å². The lowest BCUT2D eigenvalue weighted by atomic mass is 10.3. The zero-order valence-corrected chi connectivity index (χ0v) is 8.26. The summed E-state index contributed by atoms with van der Waals surface area (Å²) in [4.78, 5) is 29.5. The van der Waals surface area contributed by atoms with Crippen LogP contribution in [0.25, 0.3) is 0 Å². The van der Waals surface area contributed by atoms with Gasteiger partial charge in [-0.05, 0) is 0 Å². The third-order valence-electron chi connectivity index (χ3n) is 1.70. The first-order chi connectivity index (χ1) is 6.40. The summed E-state index contributed by atoms with van der Waals surface area (Å²) in [6, 6.07) is 0. The van der Waals surface area contributed by atoms with Gasteiger partial charge in [-0.2, -0.15) is 0 Å². The van der Waals surface area contributed by atoms with Gasteiger partial charge in [-0.25, -0.2) is 0 Å². The van der Waals surface area contributed by atoms with Crippen molar-refractivity contribution in [1.29, 1.82) is 0 Å². The summed E-state index contributed by atoms with van der Waals surface area (Å²) in [7, 11) is -4.16. The molecule has 1 aliphatic rings. The number of cyclic esters (lactones) is 1. The fourth-order valence-electron chi connectivity index (χ4n) is 1.26. The summed E-state index contributed by atoms with van der Waals surface area (Å²) in [5.74, 6) is -0.580. The van der Waals surface area contributed by atoms with Gasteiger partial charge in [0.15, 0.2) is 0 Å². The molecule has 14 heavy (non-hydrogen) atoms. The Kier molecular flexibility index (Phi) is 3.63. The highest BCUT2D eigenvalue weighted by atomic mass is 31.2. The minimum atomic E-state index is -4.16. The van der Waals surface area contributed by atoms with Crippen LogP contribution < -0.4 is 0 Å². The van der Waals surface area contributed by atoms with E-state index in [9.17, 15) is 9.36 Å². The molecule has 0 aromatic rings. The summed E-state index contributed by atoms with van der Waals surface area (Å²) in [5.41, 5.74) is 0. The second kappa shape index (κ2) is 4.37. The molecule has 0 radical (unpaired) electrons. The molecule has 1 saturated heterocycles. The van der Waals surface area contributed by atoms with E-state index >= 15 is 0 Å². The molecule has 1 heterocycles. The van der Waals surface area contributed by atoms with Crippen LogP contribution in [0, 0.1) is 0 Å². The zero-order valence-electron chi connectivity index (χ0n) is 7.37. The number of ether oxygens (including phenoxy) is 1. The molecule has 82 valence electrons. The van der Waals surface area contributed by atoms with E-state index in [1.807, 2.05) is 0 Å². The Morgan fingerprint density at radius 2 is 2.21 bits per heavy atom. The maximum Gasteiger partial charge on any atom is 0.339 e. The number of rotatable bonds is 3. The predicted molar refractivity (Wildman–Crippen MR) is 45.4 cm³/mol. The summed E-state index contributed by atoms with van der Waals surface area (Å²) in [6.07, 6.45) is -1.18. The molecule has 8 heteroatoms. The minimum Gasteiger partial charge on any atom is -0.458 e. The summed E-state index contributed by atoms with van der Waals surface area (Å²) < 4.78 is 15.3. The number of morpholine rings is 1. The number of carbonyl (C=O) groups is 1. The van der Waals surface area contributed by atoms with Crippen LogP contribution >= 0.6 is 7.60 Å². The molecule has 1 rings (SSSR count). The molecule has 0 spiro atoms. The van der Waals surface area contributed by atoms with Gasteiger partial charge in [0, 0.05) is 6.54 Å². The fraction of sp³-hybridized carbons (Fsp3) is 0.833. The first-order valence-electron chi connectivity index (χ1n) is 3.98. The molecule has 0 aliphatic carbocycles. The lowest BCUT2D eigenvalue weighted by Crippen LogP contribution is -2.46. The molecule has 1 unspecified atom stereocenters. The topological polar surface area (TPSA) is 107 Å². The summed E-state index contributed by atoms with van der Waals surface area (Å²) >= 11 is 0. The number of aliphatic hydroxyl groups is 1. The number of carbonyl (C=O) groups excluding carboxylic acids is 1. The summed E-state index contributed by atoms with van der Waals surface area (Å²) in [6.45, 7) is -0.349. The molecule has 0 bridgehead atoms. The first-order valence-corrected chi connectivity index (χ1v) is 5.78. The highest BCUT2D eigenvalue weighted by molar-refractivity contribution is 7.51. The van der Waals surface area contributed by atoms with Crippen molar-refractivity contribution in [3.05, 3.63) is 0 Å². The number of hydrogen-bond acceptors (Lipinski definition) is 5. The normalized spacial score (nSPS) is 24.8. The van der Waals surface area contributed by atoms with Crippen LogP contribution in [0.5, 0.6) is 0 Å². The van der Waals surface area contributed by atoms with Gasteiger partial charge in [0.05, 0.1) is 13.2 Å². The van der Waals surface area contributed by atoms with Gasteiger partial charge in [-0.15, -0.1) is 0 Å². The van der Waals surface area contributed by atoms with Crippen molar-refractivity contribution in [2.75, 3.05) is 26.0 Å². The molecule has 0 saturated carbocycles. The van der Waals surface area contributed by atoms with E-state index in [-0.39, 0.29) is 19.7 Å². The van der Waals surface area contributed by atoms with Gasteiger partial charge in [-0.1, -0.05) is 0 Å².